The molecule has 0 atom stereocenters. The van der Waals surface area contributed by atoms with Gasteiger partial charge in [-0.3, -0.25) is 4.98 Å². The van der Waals surface area contributed by atoms with Crippen molar-refractivity contribution >= 4 is 27.6 Å². The summed E-state index contributed by atoms with van der Waals surface area (Å²) in [6, 6.07) is 10.5. The zero-order valence-corrected chi connectivity index (χ0v) is 12.4. The van der Waals surface area contributed by atoms with Gasteiger partial charge in [0.2, 0.25) is 0 Å². The molecule has 0 saturated carbocycles. The van der Waals surface area contributed by atoms with Crippen LogP contribution in [0.15, 0.2) is 36.5 Å². The van der Waals surface area contributed by atoms with Crippen LogP contribution in [0.25, 0.3) is 21.8 Å². The fourth-order valence-corrected chi connectivity index (χ4v) is 2.54. The molecule has 0 spiro atoms. The van der Waals surface area contributed by atoms with Crippen molar-refractivity contribution in [2.24, 2.45) is 0 Å². The van der Waals surface area contributed by atoms with Crippen molar-refractivity contribution in [3.8, 4) is 0 Å². The highest BCUT2D eigenvalue weighted by molar-refractivity contribution is 6.03. The maximum absolute atomic E-state index is 4.81. The van der Waals surface area contributed by atoms with Gasteiger partial charge in [0.1, 0.15) is 5.82 Å². The molecular formula is C17H19N3. The van der Waals surface area contributed by atoms with Crippen molar-refractivity contribution in [2.45, 2.75) is 26.2 Å². The molecule has 0 aliphatic heterocycles. The van der Waals surface area contributed by atoms with E-state index in [9.17, 15) is 0 Å². The third-order valence-electron chi connectivity index (χ3n) is 3.60. The first-order valence-corrected chi connectivity index (χ1v) is 6.87. The largest absolute Gasteiger partial charge is 0.373 e. The van der Waals surface area contributed by atoms with Gasteiger partial charge in [0.15, 0.2) is 0 Å². The van der Waals surface area contributed by atoms with E-state index in [1.165, 1.54) is 5.56 Å². The molecule has 20 heavy (non-hydrogen) atoms. The van der Waals surface area contributed by atoms with Crippen LogP contribution in [0.4, 0.5) is 5.82 Å². The number of pyridine rings is 2. The maximum atomic E-state index is 4.81. The summed E-state index contributed by atoms with van der Waals surface area (Å²) in [6.45, 7) is 6.61. The molecule has 0 saturated heterocycles. The molecule has 0 fully saturated rings. The van der Waals surface area contributed by atoms with E-state index in [0.717, 1.165) is 27.6 Å². The molecule has 0 radical (unpaired) electrons. The van der Waals surface area contributed by atoms with Crippen LogP contribution in [0.3, 0.4) is 0 Å². The Labute approximate surface area is 119 Å². The van der Waals surface area contributed by atoms with Gasteiger partial charge >= 0.3 is 0 Å². The minimum absolute atomic E-state index is 0.0542. The quantitative estimate of drug-likeness (QED) is 0.672. The average molecular weight is 265 g/mol. The summed E-state index contributed by atoms with van der Waals surface area (Å²) in [7, 11) is 1.92. The first-order valence-electron chi connectivity index (χ1n) is 6.87. The fourth-order valence-electron chi connectivity index (χ4n) is 2.54. The first kappa shape index (κ1) is 12.9. The van der Waals surface area contributed by atoms with Gasteiger partial charge < -0.3 is 5.32 Å². The number of fused-ring (bicyclic) bond motifs is 3. The highest BCUT2D eigenvalue weighted by atomic mass is 15.0. The van der Waals surface area contributed by atoms with Gasteiger partial charge in [-0.2, -0.15) is 0 Å². The van der Waals surface area contributed by atoms with Crippen molar-refractivity contribution in [1.29, 1.82) is 0 Å². The monoisotopic (exact) mass is 265 g/mol. The molecule has 3 rings (SSSR count). The highest BCUT2D eigenvalue weighted by Gasteiger charge is 2.20. The summed E-state index contributed by atoms with van der Waals surface area (Å²) in [5.74, 6) is 0.933. The molecule has 0 aliphatic carbocycles. The summed E-state index contributed by atoms with van der Waals surface area (Å²) < 4.78 is 0. The lowest BCUT2D eigenvalue weighted by atomic mass is 9.86. The lowest BCUT2D eigenvalue weighted by molar-refractivity contribution is 0.591. The second-order valence-electron chi connectivity index (χ2n) is 6.10. The third-order valence-corrected chi connectivity index (χ3v) is 3.60. The number of rotatable bonds is 1. The van der Waals surface area contributed by atoms with Crippen LogP contribution in [0, 0.1) is 0 Å². The molecule has 3 aromatic rings. The summed E-state index contributed by atoms with van der Waals surface area (Å²) >= 11 is 0. The van der Waals surface area contributed by atoms with Crippen LogP contribution >= 0.6 is 0 Å². The smallest absolute Gasteiger partial charge is 0.130 e. The van der Waals surface area contributed by atoms with Crippen molar-refractivity contribution in [3.63, 3.8) is 0 Å². The molecular weight excluding hydrogens is 246 g/mol. The minimum atomic E-state index is 0.0542. The number of aromatic nitrogens is 2. The van der Waals surface area contributed by atoms with Gasteiger partial charge in [-0.15, -0.1) is 0 Å². The van der Waals surface area contributed by atoms with E-state index < -0.39 is 0 Å². The lowest BCUT2D eigenvalue weighted by Gasteiger charge is -2.22. The fraction of sp³-hybridized carbons (Fsp3) is 0.294. The number of benzene rings is 1. The molecule has 3 heteroatoms. The van der Waals surface area contributed by atoms with Crippen LogP contribution in [0.5, 0.6) is 0 Å². The number of nitrogens with zero attached hydrogens (tertiary/aromatic N) is 2. The predicted octanol–water partition coefficient (Wildman–Crippen LogP) is 4.12. The van der Waals surface area contributed by atoms with E-state index in [2.05, 4.69) is 55.3 Å². The van der Waals surface area contributed by atoms with E-state index in [4.69, 9.17) is 4.98 Å². The second-order valence-corrected chi connectivity index (χ2v) is 6.10. The molecule has 2 aromatic heterocycles. The van der Waals surface area contributed by atoms with Crippen molar-refractivity contribution in [1.82, 2.24) is 9.97 Å². The number of hydrogen-bond acceptors (Lipinski definition) is 3. The summed E-state index contributed by atoms with van der Waals surface area (Å²) in [5, 5.41) is 5.48. The van der Waals surface area contributed by atoms with Crippen LogP contribution < -0.4 is 5.32 Å². The van der Waals surface area contributed by atoms with Crippen molar-refractivity contribution in [3.05, 3.63) is 42.1 Å². The Kier molecular flexibility index (Phi) is 2.85. The predicted molar refractivity (Wildman–Crippen MR) is 85.3 cm³/mol. The first-order chi connectivity index (χ1) is 9.50. The maximum Gasteiger partial charge on any atom is 0.130 e. The Hall–Kier alpha value is -2.16. The zero-order valence-electron chi connectivity index (χ0n) is 12.4. The minimum Gasteiger partial charge on any atom is -0.373 e. The number of anilines is 1. The van der Waals surface area contributed by atoms with Gasteiger partial charge in [0.05, 0.1) is 11.0 Å². The number of nitrogens with one attached hydrogen (secondary N) is 1. The Balaban J connectivity index is 2.41. The van der Waals surface area contributed by atoms with Crippen LogP contribution in [-0.2, 0) is 5.41 Å². The molecule has 1 aromatic carbocycles. The molecule has 0 unspecified atom stereocenters. The van der Waals surface area contributed by atoms with Crippen LogP contribution in [0.2, 0.25) is 0 Å². The highest BCUT2D eigenvalue weighted by Crippen LogP contribution is 2.32. The average Bonchev–Trinajstić information content (AvgIpc) is 2.44. The van der Waals surface area contributed by atoms with E-state index in [1.54, 1.807) is 0 Å². The molecule has 0 aliphatic rings. The summed E-state index contributed by atoms with van der Waals surface area (Å²) in [4.78, 5) is 9.30. The van der Waals surface area contributed by atoms with Gasteiger partial charge in [0.25, 0.3) is 0 Å². The SMILES string of the molecule is CNc1nc2c(ccc3cccnc32)cc1C(C)(C)C. The Morgan fingerprint density at radius 3 is 2.45 bits per heavy atom. The van der Waals surface area contributed by atoms with Crippen molar-refractivity contribution in [2.75, 3.05) is 12.4 Å². The van der Waals surface area contributed by atoms with E-state index >= 15 is 0 Å². The zero-order chi connectivity index (χ0) is 14.3. The molecule has 0 amide bonds. The molecule has 3 nitrogen and oxygen atoms in total. The summed E-state index contributed by atoms with van der Waals surface area (Å²) in [5.41, 5.74) is 3.20. The van der Waals surface area contributed by atoms with Crippen LogP contribution in [-0.4, -0.2) is 17.0 Å². The third kappa shape index (κ3) is 1.99. The van der Waals surface area contributed by atoms with Gasteiger partial charge in [-0.1, -0.05) is 39.0 Å². The Bertz CT molecular complexity index is 785. The molecule has 1 N–H and O–H groups in total. The molecule has 2 heterocycles. The van der Waals surface area contributed by atoms with E-state index in [0.29, 0.717) is 0 Å². The van der Waals surface area contributed by atoms with E-state index in [-0.39, 0.29) is 5.41 Å². The summed E-state index contributed by atoms with van der Waals surface area (Å²) in [6.07, 6.45) is 1.82. The Morgan fingerprint density at radius 1 is 1.00 bits per heavy atom. The normalized spacial score (nSPS) is 12.0. The van der Waals surface area contributed by atoms with Gasteiger partial charge in [0, 0.05) is 29.6 Å². The van der Waals surface area contributed by atoms with Gasteiger partial charge in [-0.25, -0.2) is 4.98 Å². The van der Waals surface area contributed by atoms with Crippen LogP contribution in [0.1, 0.15) is 26.3 Å². The lowest BCUT2D eigenvalue weighted by Crippen LogP contribution is -2.15. The number of hydrogen-bond donors (Lipinski definition) is 1. The second kappa shape index (κ2) is 4.44. The Morgan fingerprint density at radius 2 is 1.75 bits per heavy atom. The van der Waals surface area contributed by atoms with Gasteiger partial charge in [-0.05, 0) is 17.5 Å². The standard InChI is InChI=1S/C17H19N3/c1-17(2,3)13-10-12-8-7-11-6-5-9-19-14(11)15(12)20-16(13)18-4/h5-10H,1-4H3,(H,18,20). The topological polar surface area (TPSA) is 37.8 Å². The molecule has 0 bridgehead atoms. The van der Waals surface area contributed by atoms with Crippen molar-refractivity contribution < 1.29 is 0 Å². The van der Waals surface area contributed by atoms with E-state index in [1.807, 2.05) is 19.3 Å². The molecule has 102 valence electrons.